The Labute approximate surface area is 174 Å². The van der Waals surface area contributed by atoms with Crippen molar-refractivity contribution in [3.8, 4) is 11.5 Å². The van der Waals surface area contributed by atoms with Gasteiger partial charge < -0.3 is 24.0 Å². The van der Waals surface area contributed by atoms with E-state index in [1.807, 2.05) is 11.8 Å². The molecule has 0 aliphatic carbocycles. The maximum atomic E-state index is 13.9. The molecule has 1 aliphatic heterocycles. The third-order valence-corrected chi connectivity index (χ3v) is 4.85. The van der Waals surface area contributed by atoms with E-state index in [-0.39, 0.29) is 23.9 Å². The molecular formula is C22H25FN2O5. The van der Waals surface area contributed by atoms with Gasteiger partial charge in [0.15, 0.2) is 18.1 Å². The second kappa shape index (κ2) is 9.96. The van der Waals surface area contributed by atoms with Gasteiger partial charge in [-0.3, -0.25) is 4.79 Å². The number of methoxy groups -OCH3 is 1. The SMILES string of the molecule is CCOc1cc(C(=O)OCC(=O)N2CCN(c3ccccc3F)CC2)ccc1OC. The zero-order valence-electron chi connectivity index (χ0n) is 17.1. The number of piperazine rings is 1. The molecule has 0 spiro atoms. The molecule has 7 nitrogen and oxygen atoms in total. The van der Waals surface area contributed by atoms with E-state index in [1.54, 1.807) is 35.2 Å². The molecule has 0 saturated carbocycles. The van der Waals surface area contributed by atoms with Crippen LogP contribution in [0.4, 0.5) is 10.1 Å². The fraction of sp³-hybridized carbons (Fsp3) is 0.364. The van der Waals surface area contributed by atoms with Gasteiger partial charge in [0.05, 0.1) is 25.0 Å². The largest absolute Gasteiger partial charge is 0.493 e. The van der Waals surface area contributed by atoms with Crippen LogP contribution in [0.5, 0.6) is 11.5 Å². The predicted molar refractivity (Wildman–Crippen MR) is 110 cm³/mol. The first-order valence-corrected chi connectivity index (χ1v) is 9.78. The number of ether oxygens (including phenoxy) is 3. The smallest absolute Gasteiger partial charge is 0.338 e. The molecule has 0 N–H and O–H groups in total. The summed E-state index contributed by atoms with van der Waals surface area (Å²) in [6.45, 7) is 3.78. The minimum absolute atomic E-state index is 0.274. The van der Waals surface area contributed by atoms with E-state index < -0.39 is 5.97 Å². The zero-order valence-corrected chi connectivity index (χ0v) is 17.1. The third-order valence-electron chi connectivity index (χ3n) is 4.85. The number of carbonyl (C=O) groups excluding carboxylic acids is 2. The van der Waals surface area contributed by atoms with E-state index in [9.17, 15) is 14.0 Å². The highest BCUT2D eigenvalue weighted by Crippen LogP contribution is 2.28. The average Bonchev–Trinajstić information content (AvgIpc) is 2.78. The average molecular weight is 416 g/mol. The van der Waals surface area contributed by atoms with Crippen LogP contribution in [-0.4, -0.2) is 63.3 Å². The van der Waals surface area contributed by atoms with Crippen LogP contribution < -0.4 is 14.4 Å². The lowest BCUT2D eigenvalue weighted by Crippen LogP contribution is -2.50. The molecule has 2 aromatic rings. The molecule has 2 aromatic carbocycles. The lowest BCUT2D eigenvalue weighted by molar-refractivity contribution is -0.134. The molecule has 3 rings (SSSR count). The van der Waals surface area contributed by atoms with Gasteiger partial charge in [0.25, 0.3) is 5.91 Å². The highest BCUT2D eigenvalue weighted by Gasteiger charge is 2.24. The summed E-state index contributed by atoms with van der Waals surface area (Å²) < 4.78 is 29.8. The van der Waals surface area contributed by atoms with Gasteiger partial charge in [0.1, 0.15) is 5.82 Å². The Kier molecular flexibility index (Phi) is 7.11. The Morgan fingerprint density at radius 1 is 1.03 bits per heavy atom. The molecule has 160 valence electrons. The maximum Gasteiger partial charge on any atom is 0.338 e. The van der Waals surface area contributed by atoms with E-state index in [2.05, 4.69) is 0 Å². The summed E-state index contributed by atoms with van der Waals surface area (Å²) in [6.07, 6.45) is 0. The number of anilines is 1. The van der Waals surface area contributed by atoms with Crippen molar-refractivity contribution in [1.82, 2.24) is 4.90 Å². The van der Waals surface area contributed by atoms with Crippen molar-refractivity contribution < 1.29 is 28.2 Å². The molecular weight excluding hydrogens is 391 g/mol. The minimum atomic E-state index is -0.614. The van der Waals surface area contributed by atoms with Crippen LogP contribution in [0.2, 0.25) is 0 Å². The number of hydrogen-bond donors (Lipinski definition) is 0. The number of para-hydroxylation sites is 1. The van der Waals surface area contributed by atoms with Crippen LogP contribution in [0.25, 0.3) is 0 Å². The van der Waals surface area contributed by atoms with E-state index >= 15 is 0 Å². The van der Waals surface area contributed by atoms with E-state index in [0.29, 0.717) is 50.0 Å². The van der Waals surface area contributed by atoms with Crippen molar-refractivity contribution in [3.05, 3.63) is 53.8 Å². The van der Waals surface area contributed by atoms with Gasteiger partial charge in [-0.2, -0.15) is 0 Å². The van der Waals surface area contributed by atoms with Gasteiger partial charge in [-0.1, -0.05) is 12.1 Å². The van der Waals surface area contributed by atoms with E-state index in [0.717, 1.165) is 0 Å². The second-order valence-corrected chi connectivity index (χ2v) is 6.69. The number of hydrogen-bond acceptors (Lipinski definition) is 6. The van der Waals surface area contributed by atoms with Crippen LogP contribution in [0, 0.1) is 5.82 Å². The Balaban J connectivity index is 1.52. The number of amides is 1. The molecule has 1 saturated heterocycles. The lowest BCUT2D eigenvalue weighted by atomic mass is 10.2. The van der Waals surface area contributed by atoms with Crippen molar-refractivity contribution in [2.24, 2.45) is 0 Å². The van der Waals surface area contributed by atoms with Gasteiger partial charge in [-0.05, 0) is 37.3 Å². The van der Waals surface area contributed by atoms with Gasteiger partial charge in [0.2, 0.25) is 0 Å². The number of halogens is 1. The molecule has 8 heteroatoms. The first-order chi connectivity index (χ1) is 14.5. The molecule has 0 aromatic heterocycles. The van der Waals surface area contributed by atoms with Crippen molar-refractivity contribution in [2.75, 3.05) is 51.4 Å². The fourth-order valence-corrected chi connectivity index (χ4v) is 3.28. The highest BCUT2D eigenvalue weighted by atomic mass is 19.1. The first kappa shape index (κ1) is 21.4. The Bertz CT molecular complexity index is 897. The molecule has 1 aliphatic rings. The normalized spacial score (nSPS) is 13.7. The molecule has 30 heavy (non-hydrogen) atoms. The molecule has 0 unspecified atom stereocenters. The molecule has 1 amide bonds. The van der Waals surface area contributed by atoms with Crippen LogP contribution in [0.15, 0.2) is 42.5 Å². The number of benzene rings is 2. The molecule has 0 radical (unpaired) electrons. The lowest BCUT2D eigenvalue weighted by Gasteiger charge is -2.36. The monoisotopic (exact) mass is 416 g/mol. The highest BCUT2D eigenvalue weighted by molar-refractivity contribution is 5.92. The van der Waals surface area contributed by atoms with Crippen LogP contribution in [-0.2, 0) is 9.53 Å². The fourth-order valence-electron chi connectivity index (χ4n) is 3.28. The minimum Gasteiger partial charge on any atom is -0.493 e. The van der Waals surface area contributed by atoms with Crippen LogP contribution >= 0.6 is 0 Å². The molecule has 0 bridgehead atoms. The quantitative estimate of drug-likeness (QED) is 0.647. The van der Waals surface area contributed by atoms with Crippen LogP contribution in [0.1, 0.15) is 17.3 Å². The number of nitrogens with zero attached hydrogens (tertiary/aromatic N) is 2. The van der Waals surface area contributed by atoms with Crippen molar-refractivity contribution in [1.29, 1.82) is 0 Å². The summed E-state index contributed by atoms with van der Waals surface area (Å²) in [4.78, 5) is 28.3. The molecule has 0 atom stereocenters. The van der Waals surface area contributed by atoms with Crippen molar-refractivity contribution in [3.63, 3.8) is 0 Å². The second-order valence-electron chi connectivity index (χ2n) is 6.69. The van der Waals surface area contributed by atoms with E-state index in [4.69, 9.17) is 14.2 Å². The predicted octanol–water partition coefficient (Wildman–Crippen LogP) is 2.74. The van der Waals surface area contributed by atoms with E-state index in [1.165, 1.54) is 19.2 Å². The van der Waals surface area contributed by atoms with Crippen LogP contribution in [0.3, 0.4) is 0 Å². The Morgan fingerprint density at radius 3 is 2.43 bits per heavy atom. The zero-order chi connectivity index (χ0) is 21.5. The summed E-state index contributed by atoms with van der Waals surface area (Å²) in [5.41, 5.74) is 0.803. The van der Waals surface area contributed by atoms with Gasteiger partial charge in [-0.15, -0.1) is 0 Å². The topological polar surface area (TPSA) is 68.3 Å². The van der Waals surface area contributed by atoms with Gasteiger partial charge in [-0.25, -0.2) is 9.18 Å². The standard InChI is InChI=1S/C22H25FN2O5/c1-3-29-20-14-16(8-9-19(20)28-2)22(27)30-15-21(26)25-12-10-24(11-13-25)18-7-5-4-6-17(18)23/h4-9,14H,3,10-13,15H2,1-2H3. The van der Waals surface area contributed by atoms with Gasteiger partial charge >= 0.3 is 5.97 Å². The van der Waals surface area contributed by atoms with Crippen molar-refractivity contribution in [2.45, 2.75) is 6.92 Å². The summed E-state index contributed by atoms with van der Waals surface area (Å²) in [6, 6.07) is 11.3. The van der Waals surface area contributed by atoms with Crippen molar-refractivity contribution >= 4 is 17.6 Å². The summed E-state index contributed by atoms with van der Waals surface area (Å²) in [5, 5.41) is 0. The summed E-state index contributed by atoms with van der Waals surface area (Å²) in [7, 11) is 1.51. The first-order valence-electron chi connectivity index (χ1n) is 9.78. The number of rotatable bonds is 7. The summed E-state index contributed by atoms with van der Waals surface area (Å²) >= 11 is 0. The van der Waals surface area contributed by atoms with Gasteiger partial charge in [0, 0.05) is 26.2 Å². The molecule has 1 fully saturated rings. The molecule has 1 heterocycles. The Morgan fingerprint density at radius 2 is 1.77 bits per heavy atom. The number of esters is 1. The maximum absolute atomic E-state index is 13.9. The number of carbonyl (C=O) groups is 2. The summed E-state index contributed by atoms with van der Waals surface area (Å²) in [5.74, 6) is -0.230. The Hall–Kier alpha value is -3.29. The third kappa shape index (κ3) is 5.00.